The Balaban J connectivity index is 3.24. The van der Waals surface area contributed by atoms with Gasteiger partial charge in [-0.3, -0.25) is 10.1 Å². The summed E-state index contributed by atoms with van der Waals surface area (Å²) in [6, 6.07) is 4.51. The highest BCUT2D eigenvalue weighted by Crippen LogP contribution is 2.39. The van der Waals surface area contributed by atoms with Crippen molar-refractivity contribution in [2.75, 3.05) is 6.54 Å². The number of aliphatic hydroxyl groups is 1. The van der Waals surface area contributed by atoms with Crippen molar-refractivity contribution >= 4 is 15.9 Å². The van der Waals surface area contributed by atoms with Crippen LogP contribution >= 0.6 is 15.9 Å². The molecule has 1 rings (SSSR count). The molecule has 0 radical (unpaired) electrons. The Morgan fingerprint density at radius 2 is 1.76 bits per heavy atom. The lowest BCUT2D eigenvalue weighted by Gasteiger charge is -2.27. The molecule has 0 saturated carbocycles. The summed E-state index contributed by atoms with van der Waals surface area (Å²) in [6.45, 7) is -1.63. The molecule has 1 aromatic rings. The van der Waals surface area contributed by atoms with E-state index in [0.717, 1.165) is 12.1 Å². The number of nitrogens with zero attached hydrogens (tertiary/aromatic N) is 1. The van der Waals surface area contributed by atoms with E-state index in [4.69, 9.17) is 0 Å². The Hall–Kier alpha value is -1.15. The third-order valence-electron chi connectivity index (χ3n) is 2.15. The highest BCUT2D eigenvalue weighted by atomic mass is 79.9. The van der Waals surface area contributed by atoms with Crippen LogP contribution in [0.3, 0.4) is 0 Å². The van der Waals surface area contributed by atoms with Crippen molar-refractivity contribution in [3.05, 3.63) is 44.4 Å². The quantitative estimate of drug-likeness (QED) is 0.688. The smallest absolute Gasteiger partial charge is 0.371 e. The van der Waals surface area contributed by atoms with Gasteiger partial charge in [0, 0.05) is 9.40 Å². The molecule has 0 aliphatic rings. The van der Waals surface area contributed by atoms with Crippen LogP contribution in [-0.2, 0) is 5.60 Å². The molecule has 0 aliphatic heterocycles. The highest BCUT2D eigenvalue weighted by Gasteiger charge is 2.58. The SMILES string of the molecule is O=[N+]([O-])C[C@](O)(c1ccc(Br)cc1)C(F)(F)F. The molecule has 0 aliphatic carbocycles. The Bertz CT molecular complexity index is 420. The van der Waals surface area contributed by atoms with Gasteiger partial charge in [0.05, 0.1) is 0 Å². The maximum atomic E-state index is 12.7. The molecule has 0 heterocycles. The van der Waals surface area contributed by atoms with Crippen LogP contribution in [0, 0.1) is 10.1 Å². The van der Waals surface area contributed by atoms with Gasteiger partial charge in [-0.2, -0.15) is 13.2 Å². The minimum Gasteiger partial charge on any atom is -0.371 e. The van der Waals surface area contributed by atoms with Gasteiger partial charge in [-0.25, -0.2) is 0 Å². The summed E-state index contributed by atoms with van der Waals surface area (Å²) in [5.74, 6) is 0. The zero-order valence-corrected chi connectivity index (χ0v) is 9.83. The molecule has 0 spiro atoms. The van der Waals surface area contributed by atoms with Crippen LogP contribution in [0.1, 0.15) is 5.56 Å². The molecular formula is C9H7BrF3NO3. The third kappa shape index (κ3) is 2.95. The molecule has 94 valence electrons. The van der Waals surface area contributed by atoms with Gasteiger partial charge in [-0.1, -0.05) is 28.1 Å². The van der Waals surface area contributed by atoms with Crippen LogP contribution in [0.25, 0.3) is 0 Å². The minimum absolute atomic E-state index is 0.506. The number of halogens is 4. The molecule has 0 bridgehead atoms. The van der Waals surface area contributed by atoms with Crippen molar-refractivity contribution in [3.8, 4) is 0 Å². The number of alkyl halides is 3. The van der Waals surface area contributed by atoms with E-state index in [-0.39, 0.29) is 0 Å². The van der Waals surface area contributed by atoms with E-state index in [1.165, 1.54) is 12.1 Å². The van der Waals surface area contributed by atoms with E-state index in [1.807, 2.05) is 0 Å². The first-order valence-corrected chi connectivity index (χ1v) is 5.13. The Labute approximate surface area is 102 Å². The summed E-state index contributed by atoms with van der Waals surface area (Å²) in [6.07, 6.45) is -5.12. The molecule has 0 fully saturated rings. The summed E-state index contributed by atoms with van der Waals surface area (Å²) in [7, 11) is 0. The van der Waals surface area contributed by atoms with E-state index in [0.29, 0.717) is 4.47 Å². The standard InChI is InChI=1S/C9H7BrF3NO3/c10-7-3-1-6(2-4-7)8(15,5-14(16)17)9(11,12)13/h1-4,15H,5H2/t8-/m0/s1. The van der Waals surface area contributed by atoms with Crippen molar-refractivity contribution in [3.63, 3.8) is 0 Å². The molecule has 8 heteroatoms. The fourth-order valence-electron chi connectivity index (χ4n) is 1.26. The number of hydrogen-bond acceptors (Lipinski definition) is 3. The fourth-order valence-corrected chi connectivity index (χ4v) is 1.52. The van der Waals surface area contributed by atoms with Crippen LogP contribution in [0.4, 0.5) is 13.2 Å². The van der Waals surface area contributed by atoms with Gasteiger partial charge in [-0.05, 0) is 17.7 Å². The predicted molar refractivity (Wildman–Crippen MR) is 56.0 cm³/mol. The Kier molecular flexibility index (Phi) is 3.78. The highest BCUT2D eigenvalue weighted by molar-refractivity contribution is 9.10. The molecule has 1 N–H and O–H groups in total. The third-order valence-corrected chi connectivity index (χ3v) is 2.68. The summed E-state index contributed by atoms with van der Waals surface area (Å²) >= 11 is 3.02. The molecule has 0 saturated heterocycles. The predicted octanol–water partition coefficient (Wildman–Crippen LogP) is 2.48. The van der Waals surface area contributed by atoms with Crippen molar-refractivity contribution in [1.82, 2.24) is 0 Å². The number of hydrogen-bond donors (Lipinski definition) is 1. The summed E-state index contributed by atoms with van der Waals surface area (Å²) in [4.78, 5) is 9.04. The first-order valence-electron chi connectivity index (χ1n) is 4.34. The zero-order valence-electron chi connectivity index (χ0n) is 8.24. The summed E-state index contributed by atoms with van der Waals surface area (Å²) in [5.41, 5.74) is -4.04. The molecule has 0 unspecified atom stereocenters. The maximum absolute atomic E-state index is 12.7. The van der Waals surface area contributed by atoms with Crippen LogP contribution in [0.15, 0.2) is 28.7 Å². The fraction of sp³-hybridized carbons (Fsp3) is 0.333. The van der Waals surface area contributed by atoms with Crippen LogP contribution in [0.2, 0.25) is 0 Å². The number of rotatable bonds is 3. The molecule has 0 aromatic heterocycles. The maximum Gasteiger partial charge on any atom is 0.428 e. The molecule has 17 heavy (non-hydrogen) atoms. The average Bonchev–Trinajstić information content (AvgIpc) is 2.15. The van der Waals surface area contributed by atoms with Crippen molar-refractivity contribution in [1.29, 1.82) is 0 Å². The van der Waals surface area contributed by atoms with E-state index in [2.05, 4.69) is 15.9 Å². The van der Waals surface area contributed by atoms with Crippen LogP contribution in [0.5, 0.6) is 0 Å². The van der Waals surface area contributed by atoms with Gasteiger partial charge < -0.3 is 5.11 Å². The normalized spacial score (nSPS) is 15.4. The van der Waals surface area contributed by atoms with Crippen molar-refractivity contribution in [2.24, 2.45) is 0 Å². The molecule has 4 nitrogen and oxygen atoms in total. The second-order valence-electron chi connectivity index (χ2n) is 3.36. The lowest BCUT2D eigenvalue weighted by molar-refractivity contribution is -0.519. The first kappa shape index (κ1) is 13.9. The largest absolute Gasteiger partial charge is 0.428 e. The molecular weight excluding hydrogens is 307 g/mol. The van der Waals surface area contributed by atoms with Crippen molar-refractivity contribution < 1.29 is 23.2 Å². The van der Waals surface area contributed by atoms with Crippen LogP contribution < -0.4 is 0 Å². The van der Waals surface area contributed by atoms with E-state index in [1.54, 1.807) is 0 Å². The van der Waals surface area contributed by atoms with Gasteiger partial charge in [0.25, 0.3) is 5.60 Å². The number of nitro groups is 1. The topological polar surface area (TPSA) is 63.4 Å². The summed E-state index contributed by atoms with van der Waals surface area (Å²) < 4.78 is 38.6. The van der Waals surface area contributed by atoms with Gasteiger partial charge in [-0.15, -0.1) is 0 Å². The summed E-state index contributed by atoms with van der Waals surface area (Å²) in [5, 5.41) is 19.7. The zero-order chi connectivity index (χ0) is 13.3. The lowest BCUT2D eigenvalue weighted by Crippen LogP contribution is -2.47. The van der Waals surface area contributed by atoms with Gasteiger partial charge in [0.2, 0.25) is 6.54 Å². The average molecular weight is 314 g/mol. The van der Waals surface area contributed by atoms with Gasteiger partial charge in [0.15, 0.2) is 0 Å². The Morgan fingerprint density at radius 3 is 2.12 bits per heavy atom. The van der Waals surface area contributed by atoms with Gasteiger partial charge >= 0.3 is 6.18 Å². The van der Waals surface area contributed by atoms with E-state index >= 15 is 0 Å². The molecule has 0 amide bonds. The Morgan fingerprint density at radius 1 is 1.29 bits per heavy atom. The minimum atomic E-state index is -5.12. The van der Waals surface area contributed by atoms with Crippen LogP contribution in [-0.4, -0.2) is 22.8 Å². The lowest BCUT2D eigenvalue weighted by atomic mass is 9.93. The van der Waals surface area contributed by atoms with Gasteiger partial charge in [0.1, 0.15) is 0 Å². The first-order chi connectivity index (χ1) is 7.67. The van der Waals surface area contributed by atoms with E-state index in [9.17, 15) is 28.4 Å². The monoisotopic (exact) mass is 313 g/mol. The van der Waals surface area contributed by atoms with Crippen molar-refractivity contribution in [2.45, 2.75) is 11.8 Å². The molecule has 1 atom stereocenters. The van der Waals surface area contributed by atoms with E-state index < -0.39 is 28.8 Å². The molecule has 1 aromatic carbocycles. The second kappa shape index (κ2) is 4.61. The second-order valence-corrected chi connectivity index (χ2v) is 4.27. The number of benzene rings is 1.